The number of methoxy groups -OCH3 is 1. The summed E-state index contributed by atoms with van der Waals surface area (Å²) in [6.45, 7) is 4.74. The summed E-state index contributed by atoms with van der Waals surface area (Å²) in [6, 6.07) is 17.9. The van der Waals surface area contributed by atoms with E-state index >= 15 is 0 Å². The lowest BCUT2D eigenvalue weighted by atomic mass is 9.51. The third-order valence-corrected chi connectivity index (χ3v) is 8.19. The molecule has 4 bridgehead atoms. The zero-order valence-electron chi connectivity index (χ0n) is 19.5. The van der Waals surface area contributed by atoms with Crippen LogP contribution in [0.4, 0.5) is 0 Å². The number of aromatic carboxylic acids is 1. The van der Waals surface area contributed by atoms with Gasteiger partial charge in [-0.05, 0) is 103 Å². The lowest BCUT2D eigenvalue weighted by molar-refractivity contribution is -0.295. The molecule has 0 spiro atoms. The van der Waals surface area contributed by atoms with E-state index in [4.69, 9.17) is 9.47 Å². The molecule has 170 valence electrons. The second-order valence-corrected chi connectivity index (χ2v) is 11.2. The molecule has 4 fully saturated rings. The zero-order valence-corrected chi connectivity index (χ0v) is 19.5. The van der Waals surface area contributed by atoms with Crippen molar-refractivity contribution in [2.75, 3.05) is 7.11 Å². The number of ether oxygens (including phenoxy) is 2. The molecule has 3 aromatic carbocycles. The summed E-state index contributed by atoms with van der Waals surface area (Å²) in [4.78, 5) is 11.3. The Morgan fingerprint density at radius 1 is 0.939 bits per heavy atom. The molecule has 0 aromatic heterocycles. The number of benzene rings is 3. The molecule has 7 rings (SSSR count). The maximum atomic E-state index is 11.3. The summed E-state index contributed by atoms with van der Waals surface area (Å²) in [5.41, 5.74) is 3.69. The van der Waals surface area contributed by atoms with Gasteiger partial charge in [-0.2, -0.15) is 0 Å². The molecule has 2 saturated heterocycles. The number of carbonyl (C=O) groups is 1. The summed E-state index contributed by atoms with van der Waals surface area (Å²) in [5.74, 6) is 0.701. The number of hydrogen-bond acceptors (Lipinski definition) is 3. The number of hydrogen-bond donors (Lipinski definition) is 1. The summed E-state index contributed by atoms with van der Waals surface area (Å²) in [7, 11) is 1.75. The quantitative estimate of drug-likeness (QED) is 0.483. The molecule has 33 heavy (non-hydrogen) atoms. The highest BCUT2D eigenvalue weighted by Crippen LogP contribution is 2.66. The molecule has 2 saturated carbocycles. The summed E-state index contributed by atoms with van der Waals surface area (Å²) in [6.07, 6.45) is 5.71. The molecule has 4 heteroatoms. The standard InChI is InChI=1S/C29H30O4/c1-27-13-18-14-28(2,16-27)33-29(15-18,17-27)24-12-22(8-9-25(24)32-3)20-4-5-21-11-23(26(30)31)7-6-19(21)10-20/h4-12,18H,13-17H2,1-3H3,(H,30,31). The van der Waals surface area contributed by atoms with Crippen LogP contribution in [-0.4, -0.2) is 23.8 Å². The van der Waals surface area contributed by atoms with E-state index in [1.54, 1.807) is 19.2 Å². The van der Waals surface area contributed by atoms with E-state index in [2.05, 4.69) is 44.2 Å². The minimum absolute atomic E-state index is 0.0556. The first-order chi connectivity index (χ1) is 15.7. The van der Waals surface area contributed by atoms with Crippen molar-refractivity contribution in [2.24, 2.45) is 11.3 Å². The second kappa shape index (κ2) is 6.83. The van der Waals surface area contributed by atoms with Crippen molar-refractivity contribution >= 4 is 16.7 Å². The summed E-state index contributed by atoms with van der Waals surface area (Å²) < 4.78 is 12.8. The fourth-order valence-corrected chi connectivity index (χ4v) is 7.62. The topological polar surface area (TPSA) is 55.8 Å². The molecule has 4 nitrogen and oxygen atoms in total. The smallest absolute Gasteiger partial charge is 0.335 e. The van der Waals surface area contributed by atoms with Gasteiger partial charge < -0.3 is 14.6 Å². The second-order valence-electron chi connectivity index (χ2n) is 11.2. The Morgan fingerprint density at radius 3 is 2.39 bits per heavy atom. The molecule has 4 unspecified atom stereocenters. The Hall–Kier alpha value is -2.85. The lowest BCUT2D eigenvalue weighted by Crippen LogP contribution is -2.61. The Bertz CT molecular complexity index is 1270. The van der Waals surface area contributed by atoms with E-state index in [-0.39, 0.29) is 11.2 Å². The van der Waals surface area contributed by atoms with Crippen LogP contribution in [0.2, 0.25) is 0 Å². The average molecular weight is 443 g/mol. The van der Waals surface area contributed by atoms with Gasteiger partial charge in [-0.15, -0.1) is 0 Å². The highest BCUT2D eigenvalue weighted by molar-refractivity contribution is 5.95. The van der Waals surface area contributed by atoms with Crippen molar-refractivity contribution < 1.29 is 19.4 Å². The fraction of sp³-hybridized carbons (Fsp3) is 0.414. The van der Waals surface area contributed by atoms with Gasteiger partial charge in [0.15, 0.2) is 0 Å². The van der Waals surface area contributed by atoms with Crippen LogP contribution in [-0.2, 0) is 10.3 Å². The molecule has 2 aliphatic heterocycles. The zero-order chi connectivity index (χ0) is 23.0. The molecule has 3 aromatic rings. The summed E-state index contributed by atoms with van der Waals surface area (Å²) in [5, 5.41) is 11.2. The van der Waals surface area contributed by atoms with Crippen molar-refractivity contribution in [1.82, 2.24) is 0 Å². The summed E-state index contributed by atoms with van der Waals surface area (Å²) >= 11 is 0. The van der Waals surface area contributed by atoms with E-state index < -0.39 is 5.97 Å². The first-order valence-corrected chi connectivity index (χ1v) is 11.9. The van der Waals surface area contributed by atoms with Gasteiger partial charge in [0.25, 0.3) is 0 Å². The molecular formula is C29H30O4. The van der Waals surface area contributed by atoms with Crippen LogP contribution in [0.15, 0.2) is 54.6 Å². The molecule has 0 radical (unpaired) electrons. The van der Waals surface area contributed by atoms with Gasteiger partial charge in [-0.25, -0.2) is 4.79 Å². The van der Waals surface area contributed by atoms with Crippen LogP contribution in [0.25, 0.3) is 21.9 Å². The Labute approximate surface area is 194 Å². The third-order valence-electron chi connectivity index (χ3n) is 8.19. The van der Waals surface area contributed by atoms with Crippen molar-refractivity contribution in [3.63, 3.8) is 0 Å². The van der Waals surface area contributed by atoms with Gasteiger partial charge in [0.1, 0.15) is 5.75 Å². The van der Waals surface area contributed by atoms with E-state index in [1.807, 2.05) is 12.1 Å². The van der Waals surface area contributed by atoms with Crippen LogP contribution in [0.1, 0.15) is 61.9 Å². The van der Waals surface area contributed by atoms with Crippen LogP contribution in [0.3, 0.4) is 0 Å². The highest BCUT2D eigenvalue weighted by atomic mass is 16.5. The largest absolute Gasteiger partial charge is 0.496 e. The molecule has 2 aliphatic carbocycles. The van der Waals surface area contributed by atoms with E-state index in [0.29, 0.717) is 16.9 Å². The Balaban J connectivity index is 1.45. The van der Waals surface area contributed by atoms with Gasteiger partial charge in [0.05, 0.1) is 23.9 Å². The van der Waals surface area contributed by atoms with Gasteiger partial charge in [0.2, 0.25) is 0 Å². The van der Waals surface area contributed by atoms with Crippen molar-refractivity contribution in [3.8, 4) is 16.9 Å². The van der Waals surface area contributed by atoms with Crippen molar-refractivity contribution in [3.05, 3.63) is 65.7 Å². The van der Waals surface area contributed by atoms with Crippen LogP contribution in [0, 0.1) is 11.3 Å². The maximum Gasteiger partial charge on any atom is 0.335 e. The highest BCUT2D eigenvalue weighted by Gasteiger charge is 2.62. The lowest BCUT2D eigenvalue weighted by Gasteiger charge is -2.65. The molecule has 2 heterocycles. The van der Waals surface area contributed by atoms with E-state index in [0.717, 1.165) is 53.3 Å². The average Bonchev–Trinajstić information content (AvgIpc) is 2.75. The molecular weight excluding hydrogens is 412 g/mol. The predicted molar refractivity (Wildman–Crippen MR) is 129 cm³/mol. The van der Waals surface area contributed by atoms with Gasteiger partial charge in [-0.1, -0.05) is 31.2 Å². The first-order valence-electron chi connectivity index (χ1n) is 11.9. The minimum Gasteiger partial charge on any atom is -0.496 e. The Morgan fingerprint density at radius 2 is 1.67 bits per heavy atom. The monoisotopic (exact) mass is 442 g/mol. The van der Waals surface area contributed by atoms with E-state index in [9.17, 15) is 9.90 Å². The number of fused-ring (bicyclic) bond motifs is 1. The van der Waals surface area contributed by atoms with Crippen molar-refractivity contribution in [1.29, 1.82) is 0 Å². The number of carboxylic acids is 1. The Kier molecular flexibility index (Phi) is 4.29. The molecule has 1 N–H and O–H groups in total. The molecule has 4 atom stereocenters. The van der Waals surface area contributed by atoms with Crippen molar-refractivity contribution in [2.45, 2.75) is 57.2 Å². The maximum absolute atomic E-state index is 11.3. The predicted octanol–water partition coefficient (Wildman–Crippen LogP) is 6.80. The fourth-order valence-electron chi connectivity index (χ4n) is 7.62. The number of rotatable bonds is 4. The third kappa shape index (κ3) is 3.26. The van der Waals surface area contributed by atoms with Crippen LogP contribution in [0.5, 0.6) is 5.75 Å². The minimum atomic E-state index is -0.904. The normalized spacial score (nSPS) is 32.3. The van der Waals surface area contributed by atoms with Gasteiger partial charge >= 0.3 is 5.97 Å². The number of carboxylic acid groups (broad SMARTS) is 1. The SMILES string of the molecule is COc1ccc(-c2ccc3cc(C(=O)O)ccc3c2)cc1C12CC3CC(C)(CC(C)(C3)O1)C2. The van der Waals surface area contributed by atoms with Crippen LogP contribution >= 0.6 is 0 Å². The van der Waals surface area contributed by atoms with Gasteiger partial charge in [-0.3, -0.25) is 0 Å². The van der Waals surface area contributed by atoms with Crippen LogP contribution < -0.4 is 4.74 Å². The molecule has 4 aliphatic rings. The first kappa shape index (κ1) is 20.7. The van der Waals surface area contributed by atoms with Gasteiger partial charge in [0, 0.05) is 5.56 Å². The van der Waals surface area contributed by atoms with E-state index in [1.165, 1.54) is 12.0 Å². The molecule has 0 amide bonds.